The second kappa shape index (κ2) is 18.8. The summed E-state index contributed by atoms with van der Waals surface area (Å²) in [7, 11) is 0. The molecular formula is C13H30S. The molecular weight excluding hydrogens is 188 g/mol. The lowest BCUT2D eigenvalue weighted by molar-refractivity contribution is 0.480. The minimum atomic E-state index is 0.963. The summed E-state index contributed by atoms with van der Waals surface area (Å²) >= 11 is 4.54. The fourth-order valence-electron chi connectivity index (χ4n) is 1.13. The standard InChI is InChI=1S/C8H18.C3H6S.C2H6/c1-4-6-8(3)7-5-2;1-3(2)4;1-2/h8H,4-7H2,1-3H3;1-2H3;1-2H3. The van der Waals surface area contributed by atoms with E-state index < -0.39 is 0 Å². The smallest absolute Gasteiger partial charge is 0.0133 e. The fraction of sp³-hybridized carbons (Fsp3) is 0.923. The molecule has 0 fully saturated rings. The summed E-state index contributed by atoms with van der Waals surface area (Å²) in [5, 5.41) is 0. The van der Waals surface area contributed by atoms with Gasteiger partial charge in [0.15, 0.2) is 0 Å². The van der Waals surface area contributed by atoms with E-state index in [1.165, 1.54) is 25.7 Å². The maximum absolute atomic E-state index is 4.54. The second-order valence-electron chi connectivity index (χ2n) is 3.59. The maximum atomic E-state index is 4.54. The molecule has 0 amide bonds. The van der Waals surface area contributed by atoms with Gasteiger partial charge in [0, 0.05) is 0 Å². The van der Waals surface area contributed by atoms with Gasteiger partial charge >= 0.3 is 0 Å². The van der Waals surface area contributed by atoms with Gasteiger partial charge in [0.05, 0.1) is 0 Å². The molecule has 1 heteroatoms. The molecule has 14 heavy (non-hydrogen) atoms. The van der Waals surface area contributed by atoms with Gasteiger partial charge in [0.25, 0.3) is 0 Å². The maximum Gasteiger partial charge on any atom is -0.0133 e. The Balaban J connectivity index is -0.000000170. The topological polar surface area (TPSA) is 0 Å². The van der Waals surface area contributed by atoms with Gasteiger partial charge in [-0.3, -0.25) is 0 Å². The highest BCUT2D eigenvalue weighted by molar-refractivity contribution is 7.80. The third-order valence-corrected chi connectivity index (χ3v) is 1.56. The summed E-state index contributed by atoms with van der Waals surface area (Å²) in [5.41, 5.74) is 0. The van der Waals surface area contributed by atoms with Crippen molar-refractivity contribution in [2.45, 2.75) is 74.1 Å². The Bertz CT molecular complexity index is 87.4. The van der Waals surface area contributed by atoms with Gasteiger partial charge in [-0.2, -0.15) is 0 Å². The molecule has 0 saturated carbocycles. The first-order valence-corrected chi connectivity index (χ1v) is 6.42. The Kier molecular flexibility index (Phi) is 26.4. The molecule has 0 aromatic heterocycles. The largest absolute Gasteiger partial charge is 0.0903 e. The lowest BCUT2D eigenvalue weighted by Gasteiger charge is -2.05. The van der Waals surface area contributed by atoms with Crippen molar-refractivity contribution in [3.63, 3.8) is 0 Å². The predicted molar refractivity (Wildman–Crippen MR) is 74.3 cm³/mol. The van der Waals surface area contributed by atoms with Crippen molar-refractivity contribution < 1.29 is 0 Å². The van der Waals surface area contributed by atoms with Crippen LogP contribution in [0.2, 0.25) is 0 Å². The van der Waals surface area contributed by atoms with Gasteiger partial charge in [0.2, 0.25) is 0 Å². The highest BCUT2D eigenvalue weighted by Gasteiger charge is 1.95. The van der Waals surface area contributed by atoms with E-state index in [0.29, 0.717) is 0 Å². The van der Waals surface area contributed by atoms with Crippen LogP contribution in [0.15, 0.2) is 0 Å². The first kappa shape index (κ1) is 19.6. The van der Waals surface area contributed by atoms with Crippen LogP contribution in [0.5, 0.6) is 0 Å². The van der Waals surface area contributed by atoms with E-state index in [-0.39, 0.29) is 0 Å². The second-order valence-corrected chi connectivity index (χ2v) is 4.41. The van der Waals surface area contributed by atoms with Gasteiger partial charge in [0.1, 0.15) is 0 Å². The predicted octanol–water partition coefficient (Wildman–Crippen LogP) is 5.65. The van der Waals surface area contributed by atoms with Gasteiger partial charge in [-0.05, 0) is 24.6 Å². The molecule has 0 aliphatic heterocycles. The molecule has 0 aromatic rings. The van der Waals surface area contributed by atoms with E-state index in [1.54, 1.807) is 0 Å². The molecule has 0 radical (unpaired) electrons. The Morgan fingerprint density at radius 1 is 1.00 bits per heavy atom. The molecule has 0 aliphatic carbocycles. The van der Waals surface area contributed by atoms with Crippen LogP contribution in [0.3, 0.4) is 0 Å². The first-order valence-electron chi connectivity index (χ1n) is 6.01. The van der Waals surface area contributed by atoms with Crippen LogP contribution in [0, 0.1) is 5.92 Å². The molecule has 0 bridgehead atoms. The summed E-state index contributed by atoms with van der Waals surface area (Å²) in [5.74, 6) is 0.963. The first-order chi connectivity index (χ1) is 6.54. The SMILES string of the molecule is CC.CC(C)=S.CCCC(C)CCC. The molecule has 0 aliphatic rings. The van der Waals surface area contributed by atoms with E-state index in [4.69, 9.17) is 0 Å². The highest BCUT2D eigenvalue weighted by Crippen LogP contribution is 2.10. The molecule has 0 heterocycles. The number of rotatable bonds is 4. The van der Waals surface area contributed by atoms with E-state index in [9.17, 15) is 0 Å². The van der Waals surface area contributed by atoms with E-state index in [1.807, 2.05) is 27.7 Å². The average molecular weight is 218 g/mol. The average Bonchev–Trinajstić information content (AvgIpc) is 2.08. The van der Waals surface area contributed by atoms with Crippen LogP contribution >= 0.6 is 12.2 Å². The zero-order valence-corrected chi connectivity index (χ0v) is 12.1. The van der Waals surface area contributed by atoms with E-state index in [0.717, 1.165) is 10.8 Å². The number of hydrogen-bond donors (Lipinski definition) is 0. The molecule has 88 valence electrons. The monoisotopic (exact) mass is 218 g/mol. The molecule has 0 rings (SSSR count). The summed E-state index contributed by atoms with van der Waals surface area (Å²) in [6, 6.07) is 0. The van der Waals surface area contributed by atoms with Crippen molar-refractivity contribution in [2.75, 3.05) is 0 Å². The molecule has 0 spiro atoms. The van der Waals surface area contributed by atoms with Crippen molar-refractivity contribution in [3.8, 4) is 0 Å². The quantitative estimate of drug-likeness (QED) is 0.550. The summed E-state index contributed by atoms with van der Waals surface area (Å²) in [4.78, 5) is 1.00. The van der Waals surface area contributed by atoms with Crippen LogP contribution < -0.4 is 0 Å². The lowest BCUT2D eigenvalue weighted by atomic mass is 10.0. The Labute approximate surface area is 97.5 Å². The summed E-state index contributed by atoms with van der Waals surface area (Å²) in [6.45, 7) is 14.6. The molecule has 0 nitrogen and oxygen atoms in total. The van der Waals surface area contributed by atoms with Crippen LogP contribution in [-0.4, -0.2) is 4.86 Å². The third-order valence-electron chi connectivity index (χ3n) is 1.56. The Hall–Kier alpha value is 0.0900. The van der Waals surface area contributed by atoms with Gasteiger partial charge in [-0.15, -0.1) is 0 Å². The van der Waals surface area contributed by atoms with E-state index in [2.05, 4.69) is 33.0 Å². The van der Waals surface area contributed by atoms with Crippen molar-refractivity contribution in [2.24, 2.45) is 5.92 Å². The minimum absolute atomic E-state index is 0.963. The van der Waals surface area contributed by atoms with E-state index >= 15 is 0 Å². The number of hydrogen-bond acceptors (Lipinski definition) is 1. The number of thiocarbonyl (C=S) groups is 1. The zero-order valence-electron chi connectivity index (χ0n) is 11.3. The summed E-state index contributed by atoms with van der Waals surface area (Å²) < 4.78 is 0. The third kappa shape index (κ3) is 40.1. The molecule has 0 N–H and O–H groups in total. The van der Waals surface area contributed by atoms with Gasteiger partial charge in [-0.25, -0.2) is 0 Å². The van der Waals surface area contributed by atoms with Crippen LogP contribution in [0.1, 0.15) is 74.1 Å². The van der Waals surface area contributed by atoms with Crippen molar-refractivity contribution in [1.29, 1.82) is 0 Å². The van der Waals surface area contributed by atoms with Crippen LogP contribution in [0.4, 0.5) is 0 Å². The molecule has 0 aromatic carbocycles. The van der Waals surface area contributed by atoms with Gasteiger partial charge in [-0.1, -0.05) is 72.5 Å². The summed E-state index contributed by atoms with van der Waals surface area (Å²) in [6.07, 6.45) is 5.52. The molecule has 0 saturated heterocycles. The Morgan fingerprint density at radius 3 is 1.36 bits per heavy atom. The Morgan fingerprint density at radius 2 is 1.21 bits per heavy atom. The molecule has 0 unspecified atom stereocenters. The van der Waals surface area contributed by atoms with Gasteiger partial charge < -0.3 is 0 Å². The highest BCUT2D eigenvalue weighted by atomic mass is 32.1. The normalized spacial score (nSPS) is 8.29. The lowest BCUT2D eigenvalue weighted by Crippen LogP contribution is -1.91. The zero-order chi connectivity index (χ0) is 12.0. The van der Waals surface area contributed by atoms with Crippen molar-refractivity contribution in [3.05, 3.63) is 0 Å². The van der Waals surface area contributed by atoms with Crippen molar-refractivity contribution in [1.82, 2.24) is 0 Å². The minimum Gasteiger partial charge on any atom is -0.0903 e. The van der Waals surface area contributed by atoms with Crippen LogP contribution in [-0.2, 0) is 0 Å². The van der Waals surface area contributed by atoms with Crippen molar-refractivity contribution >= 4 is 17.1 Å². The fourth-order valence-corrected chi connectivity index (χ4v) is 1.13. The molecule has 0 atom stereocenters. The van der Waals surface area contributed by atoms with Crippen LogP contribution in [0.25, 0.3) is 0 Å².